The monoisotopic (exact) mass is 436 g/mol. The third kappa shape index (κ3) is 6.33. The first-order valence-electron chi connectivity index (χ1n) is 11.5. The van der Waals surface area contributed by atoms with Crippen molar-refractivity contribution < 1.29 is 9.53 Å². The zero-order valence-electron chi connectivity index (χ0n) is 19.6. The lowest BCUT2D eigenvalue weighted by atomic mass is 9.74. The predicted molar refractivity (Wildman–Crippen MR) is 130 cm³/mol. The number of carbonyl (C=O) groups excluding carboxylic acids is 1. The molecule has 2 N–H and O–H groups in total. The van der Waals surface area contributed by atoms with Gasteiger partial charge < -0.3 is 20.3 Å². The molecular weight excluding hydrogens is 400 g/mol. The van der Waals surface area contributed by atoms with Gasteiger partial charge in [0.2, 0.25) is 0 Å². The highest BCUT2D eigenvalue weighted by atomic mass is 16.5. The van der Waals surface area contributed by atoms with Crippen LogP contribution in [0.25, 0.3) is 0 Å². The largest absolute Gasteiger partial charge is 0.381 e. The number of carbonyl (C=O) groups is 1. The molecular formula is C26H36N4O2. The summed E-state index contributed by atoms with van der Waals surface area (Å²) >= 11 is 0. The van der Waals surface area contributed by atoms with Crippen molar-refractivity contribution in [3.63, 3.8) is 0 Å². The molecule has 0 bridgehead atoms. The van der Waals surface area contributed by atoms with E-state index in [2.05, 4.69) is 54.0 Å². The highest BCUT2D eigenvalue weighted by Gasteiger charge is 2.34. The Morgan fingerprint density at radius 1 is 1.06 bits per heavy atom. The molecule has 1 saturated heterocycles. The Labute approximate surface area is 192 Å². The maximum Gasteiger partial charge on any atom is 0.253 e. The molecule has 0 saturated carbocycles. The highest BCUT2D eigenvalue weighted by molar-refractivity contribution is 5.94. The van der Waals surface area contributed by atoms with Crippen LogP contribution < -0.4 is 10.6 Å². The summed E-state index contributed by atoms with van der Waals surface area (Å²) in [6.45, 7) is 5.90. The maximum atomic E-state index is 12.2. The second-order valence-electron chi connectivity index (χ2n) is 8.53. The Hall–Kier alpha value is -2.86. The Morgan fingerprint density at radius 2 is 1.81 bits per heavy atom. The van der Waals surface area contributed by atoms with Gasteiger partial charge in [-0.1, -0.05) is 42.5 Å². The molecule has 0 spiro atoms. The Balaban J connectivity index is 1.65. The number of nitrogens with one attached hydrogen (secondary N) is 2. The molecule has 6 nitrogen and oxygen atoms in total. The van der Waals surface area contributed by atoms with Crippen LogP contribution in [0.3, 0.4) is 0 Å². The van der Waals surface area contributed by atoms with Crippen LogP contribution in [-0.2, 0) is 16.6 Å². The molecule has 32 heavy (non-hydrogen) atoms. The topological polar surface area (TPSA) is 66.0 Å². The van der Waals surface area contributed by atoms with Crippen LogP contribution in [0, 0.1) is 0 Å². The number of hydrogen-bond acceptors (Lipinski definition) is 3. The first-order chi connectivity index (χ1) is 15.5. The normalized spacial score (nSPS) is 15.8. The lowest BCUT2D eigenvalue weighted by molar-refractivity contribution is 0.0531. The van der Waals surface area contributed by atoms with Gasteiger partial charge in [0.05, 0.1) is 6.54 Å². The summed E-state index contributed by atoms with van der Waals surface area (Å²) in [5.74, 6) is 0.854. The minimum atomic E-state index is 0.0166. The number of aliphatic imine (C=N–C) groups is 1. The number of benzene rings is 2. The van der Waals surface area contributed by atoms with Crippen LogP contribution in [0.4, 0.5) is 0 Å². The van der Waals surface area contributed by atoms with Gasteiger partial charge >= 0.3 is 0 Å². The molecule has 0 atom stereocenters. The molecule has 3 rings (SSSR count). The molecule has 172 valence electrons. The number of nitrogens with zero attached hydrogens (tertiary/aromatic N) is 2. The lowest BCUT2D eigenvalue weighted by Gasteiger charge is -2.36. The van der Waals surface area contributed by atoms with Crippen molar-refractivity contribution in [3.05, 3.63) is 71.3 Å². The summed E-state index contributed by atoms with van der Waals surface area (Å²) in [5.41, 5.74) is 3.21. The summed E-state index contributed by atoms with van der Waals surface area (Å²) < 4.78 is 5.65. The number of amides is 1. The number of hydrogen-bond donors (Lipinski definition) is 2. The molecule has 0 aliphatic carbocycles. The van der Waals surface area contributed by atoms with Gasteiger partial charge in [0.25, 0.3) is 5.91 Å². The minimum absolute atomic E-state index is 0.0166. The van der Waals surface area contributed by atoms with E-state index in [9.17, 15) is 4.79 Å². The average Bonchev–Trinajstić information content (AvgIpc) is 2.83. The molecule has 1 amide bonds. The van der Waals surface area contributed by atoms with E-state index >= 15 is 0 Å². The Bertz CT molecular complexity index is 890. The van der Waals surface area contributed by atoms with E-state index in [1.54, 1.807) is 19.0 Å². The molecule has 6 heteroatoms. The van der Waals surface area contributed by atoms with E-state index in [-0.39, 0.29) is 11.3 Å². The van der Waals surface area contributed by atoms with Crippen LogP contribution in [-0.4, -0.2) is 63.7 Å². The van der Waals surface area contributed by atoms with E-state index < -0.39 is 0 Å². The average molecular weight is 437 g/mol. The number of guanidine groups is 1. The van der Waals surface area contributed by atoms with Gasteiger partial charge in [0.15, 0.2) is 5.96 Å². The first kappa shape index (κ1) is 23.8. The molecule has 0 unspecified atom stereocenters. The Kier molecular flexibility index (Phi) is 8.68. The van der Waals surface area contributed by atoms with Gasteiger partial charge in [-0.2, -0.15) is 0 Å². The molecule has 2 aromatic rings. The van der Waals surface area contributed by atoms with Crippen LogP contribution in [0.15, 0.2) is 59.6 Å². The van der Waals surface area contributed by atoms with Crippen LogP contribution in [0.1, 0.15) is 41.3 Å². The highest BCUT2D eigenvalue weighted by Crippen LogP contribution is 2.35. The van der Waals surface area contributed by atoms with Crippen molar-refractivity contribution in [2.45, 2.75) is 31.6 Å². The van der Waals surface area contributed by atoms with Crippen molar-refractivity contribution >= 4 is 11.9 Å². The molecule has 2 aromatic carbocycles. The molecule has 1 fully saturated rings. The smallest absolute Gasteiger partial charge is 0.253 e. The standard InChI is InChI=1S/C26H36N4O2/c1-4-27-25(28-16-13-21-9-8-10-22(19-21)24(31)30(2)3)29-20-26(14-17-32-18-15-26)23-11-6-5-7-12-23/h5-12,19H,4,13-18,20H2,1-3H3,(H2,27,28,29). The summed E-state index contributed by atoms with van der Waals surface area (Å²) in [4.78, 5) is 18.8. The summed E-state index contributed by atoms with van der Waals surface area (Å²) in [5, 5.41) is 6.83. The fourth-order valence-corrected chi connectivity index (χ4v) is 4.11. The second kappa shape index (κ2) is 11.7. The zero-order chi connectivity index (χ0) is 22.8. The van der Waals surface area contributed by atoms with Gasteiger partial charge in [0, 0.05) is 51.4 Å². The summed E-state index contributed by atoms with van der Waals surface area (Å²) in [7, 11) is 3.55. The SMILES string of the molecule is CCNC(=NCC1(c2ccccc2)CCOCC1)NCCc1cccc(C(=O)N(C)C)c1. The Morgan fingerprint density at radius 3 is 2.50 bits per heavy atom. The van der Waals surface area contributed by atoms with E-state index in [4.69, 9.17) is 9.73 Å². The maximum absolute atomic E-state index is 12.2. The molecule has 1 aliphatic rings. The van der Waals surface area contributed by atoms with Crippen LogP contribution >= 0.6 is 0 Å². The van der Waals surface area contributed by atoms with Crippen molar-refractivity contribution in [1.29, 1.82) is 0 Å². The minimum Gasteiger partial charge on any atom is -0.381 e. The lowest BCUT2D eigenvalue weighted by Crippen LogP contribution is -2.41. The van der Waals surface area contributed by atoms with Crippen molar-refractivity contribution in [3.8, 4) is 0 Å². The van der Waals surface area contributed by atoms with Crippen LogP contribution in [0.5, 0.6) is 0 Å². The van der Waals surface area contributed by atoms with E-state index in [1.807, 2.05) is 18.2 Å². The van der Waals surface area contributed by atoms with Gasteiger partial charge in [-0.15, -0.1) is 0 Å². The fourth-order valence-electron chi connectivity index (χ4n) is 4.11. The summed E-state index contributed by atoms with van der Waals surface area (Å²) in [6, 6.07) is 18.5. The number of ether oxygens (including phenoxy) is 1. The molecule has 1 heterocycles. The van der Waals surface area contributed by atoms with Gasteiger partial charge in [0.1, 0.15) is 0 Å². The van der Waals surface area contributed by atoms with Gasteiger partial charge in [-0.3, -0.25) is 9.79 Å². The van der Waals surface area contributed by atoms with Crippen LogP contribution in [0.2, 0.25) is 0 Å². The number of rotatable bonds is 8. The van der Waals surface area contributed by atoms with Gasteiger partial charge in [-0.05, 0) is 49.4 Å². The molecule has 0 aromatic heterocycles. The molecule has 1 aliphatic heterocycles. The van der Waals surface area contributed by atoms with Crippen molar-refractivity contribution in [2.75, 3.05) is 46.9 Å². The van der Waals surface area contributed by atoms with E-state index in [0.717, 1.165) is 69.2 Å². The molecule has 0 radical (unpaired) electrons. The van der Waals surface area contributed by atoms with Gasteiger partial charge in [-0.25, -0.2) is 0 Å². The van der Waals surface area contributed by atoms with E-state index in [0.29, 0.717) is 0 Å². The fraction of sp³-hybridized carbons (Fsp3) is 0.462. The van der Waals surface area contributed by atoms with E-state index in [1.165, 1.54) is 5.56 Å². The third-order valence-corrected chi connectivity index (χ3v) is 6.01. The second-order valence-corrected chi connectivity index (χ2v) is 8.53. The van der Waals surface area contributed by atoms with Crippen molar-refractivity contribution in [1.82, 2.24) is 15.5 Å². The quantitative estimate of drug-likeness (QED) is 0.493. The summed E-state index contributed by atoms with van der Waals surface area (Å²) in [6.07, 6.45) is 2.77. The zero-order valence-corrected chi connectivity index (χ0v) is 19.6. The first-order valence-corrected chi connectivity index (χ1v) is 11.5. The van der Waals surface area contributed by atoms with Crippen molar-refractivity contribution in [2.24, 2.45) is 4.99 Å². The third-order valence-electron chi connectivity index (χ3n) is 6.01. The predicted octanol–water partition coefficient (Wildman–Crippen LogP) is 3.23.